The number of benzene rings is 9. The molecule has 0 unspecified atom stereocenters. The summed E-state index contributed by atoms with van der Waals surface area (Å²) in [4.78, 5) is 2.45. The van der Waals surface area contributed by atoms with Crippen molar-refractivity contribution in [3.8, 4) is 50.2 Å². The first kappa shape index (κ1) is 36.4. The molecule has 0 amide bonds. The first-order chi connectivity index (χ1) is 30.3. The van der Waals surface area contributed by atoms with Crippen molar-refractivity contribution in [1.82, 2.24) is 4.57 Å². The van der Waals surface area contributed by atoms with Crippen LogP contribution >= 0.6 is 0 Å². The van der Waals surface area contributed by atoms with Crippen LogP contribution in [-0.2, 0) is 10.8 Å². The average Bonchev–Trinajstić information content (AvgIpc) is 3.86. The van der Waals surface area contributed by atoms with Gasteiger partial charge in [-0.2, -0.15) is 0 Å². The van der Waals surface area contributed by atoms with Crippen LogP contribution in [-0.4, -0.2) is 4.57 Å². The molecule has 62 heavy (non-hydrogen) atoms. The highest BCUT2D eigenvalue weighted by Crippen LogP contribution is 2.52. The van der Waals surface area contributed by atoms with E-state index in [4.69, 9.17) is 0 Å². The van der Waals surface area contributed by atoms with Crippen LogP contribution in [0.3, 0.4) is 0 Å². The Bertz CT molecular complexity index is 3280. The Kier molecular flexibility index (Phi) is 7.96. The highest BCUT2D eigenvalue weighted by molar-refractivity contribution is 6.10. The maximum Gasteiger partial charge on any atom is 0.0542 e. The summed E-state index contributed by atoms with van der Waals surface area (Å²) in [6, 6.07) is 76.7. The zero-order chi connectivity index (χ0) is 41.7. The predicted molar refractivity (Wildman–Crippen MR) is 261 cm³/mol. The fourth-order valence-electron chi connectivity index (χ4n) is 10.8. The lowest BCUT2D eigenvalue weighted by atomic mass is 9.81. The van der Waals surface area contributed by atoms with Crippen molar-refractivity contribution >= 4 is 38.9 Å². The van der Waals surface area contributed by atoms with Crippen LogP contribution in [0.5, 0.6) is 0 Å². The maximum absolute atomic E-state index is 2.46. The van der Waals surface area contributed by atoms with E-state index in [0.717, 1.165) is 22.7 Å². The van der Waals surface area contributed by atoms with Gasteiger partial charge in [0.1, 0.15) is 0 Å². The lowest BCUT2D eigenvalue weighted by Crippen LogP contribution is -2.15. The zero-order valence-corrected chi connectivity index (χ0v) is 35.5. The second-order valence-corrected chi connectivity index (χ2v) is 18.2. The van der Waals surface area contributed by atoms with Crippen molar-refractivity contribution in [1.29, 1.82) is 0 Å². The predicted octanol–water partition coefficient (Wildman–Crippen LogP) is 16.2. The number of fused-ring (bicyclic) bond motifs is 9. The van der Waals surface area contributed by atoms with Crippen LogP contribution in [0.15, 0.2) is 206 Å². The van der Waals surface area contributed by atoms with Crippen LogP contribution in [0.2, 0.25) is 0 Å². The first-order valence-electron chi connectivity index (χ1n) is 21.8. The summed E-state index contributed by atoms with van der Waals surface area (Å²) >= 11 is 0. The van der Waals surface area contributed by atoms with Gasteiger partial charge in [-0.25, -0.2) is 0 Å². The van der Waals surface area contributed by atoms with Crippen LogP contribution in [0.4, 0.5) is 17.1 Å². The minimum atomic E-state index is -0.104. The minimum absolute atomic E-state index is 0.104. The molecule has 2 nitrogen and oxygen atoms in total. The summed E-state index contributed by atoms with van der Waals surface area (Å²) in [7, 11) is 0. The molecule has 0 saturated carbocycles. The molecule has 2 aliphatic carbocycles. The van der Waals surface area contributed by atoms with Gasteiger partial charge in [-0.05, 0) is 146 Å². The largest absolute Gasteiger partial charge is 0.310 e. The monoisotopic (exact) mass is 794 g/mol. The van der Waals surface area contributed by atoms with E-state index in [0.29, 0.717) is 0 Å². The van der Waals surface area contributed by atoms with Gasteiger partial charge < -0.3 is 9.47 Å². The Morgan fingerprint density at radius 3 is 1.44 bits per heavy atom. The van der Waals surface area contributed by atoms with E-state index in [-0.39, 0.29) is 10.8 Å². The normalized spacial score (nSPS) is 14.1. The summed E-state index contributed by atoms with van der Waals surface area (Å²) < 4.78 is 2.39. The molecule has 9 aromatic carbocycles. The molecular weight excluding hydrogens is 749 g/mol. The molecule has 2 aliphatic rings. The Morgan fingerprint density at radius 1 is 0.323 bits per heavy atom. The lowest BCUT2D eigenvalue weighted by molar-refractivity contribution is 0.660. The van der Waals surface area contributed by atoms with Gasteiger partial charge in [0.15, 0.2) is 0 Å². The van der Waals surface area contributed by atoms with Gasteiger partial charge in [0.25, 0.3) is 0 Å². The molecule has 296 valence electrons. The summed E-state index contributed by atoms with van der Waals surface area (Å²) in [5.74, 6) is 0. The van der Waals surface area contributed by atoms with Crippen LogP contribution < -0.4 is 4.90 Å². The van der Waals surface area contributed by atoms with E-state index in [1.165, 1.54) is 88.6 Å². The number of anilines is 3. The molecule has 1 heterocycles. The highest BCUT2D eigenvalue weighted by Gasteiger charge is 2.37. The third-order valence-electron chi connectivity index (χ3n) is 14.0. The van der Waals surface area contributed by atoms with Gasteiger partial charge in [-0.15, -0.1) is 0 Å². The second kappa shape index (κ2) is 13.5. The first-order valence-corrected chi connectivity index (χ1v) is 21.8. The number of hydrogen-bond acceptors (Lipinski definition) is 1. The van der Waals surface area contributed by atoms with Gasteiger partial charge in [0.2, 0.25) is 0 Å². The van der Waals surface area contributed by atoms with Crippen LogP contribution in [0, 0.1) is 0 Å². The molecular formula is C60H46N2. The summed E-state index contributed by atoms with van der Waals surface area (Å²) in [5, 5.41) is 2.46. The Labute approximate surface area is 364 Å². The summed E-state index contributed by atoms with van der Waals surface area (Å²) in [6.07, 6.45) is 0. The quantitative estimate of drug-likeness (QED) is 0.163. The van der Waals surface area contributed by atoms with Crippen molar-refractivity contribution < 1.29 is 0 Å². The van der Waals surface area contributed by atoms with E-state index in [9.17, 15) is 0 Å². The third kappa shape index (κ3) is 5.43. The maximum atomic E-state index is 2.46. The van der Waals surface area contributed by atoms with Gasteiger partial charge >= 0.3 is 0 Å². The molecule has 12 rings (SSSR count). The number of nitrogens with zero attached hydrogens (tertiary/aromatic N) is 2. The minimum Gasteiger partial charge on any atom is -0.310 e. The molecule has 10 aromatic rings. The number of hydrogen-bond donors (Lipinski definition) is 0. The van der Waals surface area contributed by atoms with Gasteiger partial charge in [0.05, 0.1) is 11.0 Å². The molecule has 0 spiro atoms. The van der Waals surface area contributed by atoms with E-state index in [1.807, 2.05) is 0 Å². The molecule has 0 N–H and O–H groups in total. The Morgan fingerprint density at radius 2 is 0.823 bits per heavy atom. The van der Waals surface area contributed by atoms with Crippen molar-refractivity contribution in [2.24, 2.45) is 0 Å². The fraction of sp³-hybridized carbons (Fsp3) is 0.100. The topological polar surface area (TPSA) is 8.17 Å². The molecule has 0 fully saturated rings. The van der Waals surface area contributed by atoms with Crippen LogP contribution in [0.1, 0.15) is 49.9 Å². The van der Waals surface area contributed by atoms with Crippen molar-refractivity contribution in [2.75, 3.05) is 4.90 Å². The Hall–Kier alpha value is -7.42. The van der Waals surface area contributed by atoms with E-state index in [1.54, 1.807) is 0 Å². The molecule has 0 radical (unpaired) electrons. The molecule has 0 atom stereocenters. The molecule has 2 heteroatoms. The van der Waals surface area contributed by atoms with Crippen molar-refractivity contribution in [3.05, 3.63) is 229 Å². The molecule has 0 bridgehead atoms. The second-order valence-electron chi connectivity index (χ2n) is 18.2. The Balaban J connectivity index is 1.08. The van der Waals surface area contributed by atoms with Crippen molar-refractivity contribution in [3.63, 3.8) is 0 Å². The van der Waals surface area contributed by atoms with Gasteiger partial charge in [-0.3, -0.25) is 0 Å². The van der Waals surface area contributed by atoms with Crippen molar-refractivity contribution in [2.45, 2.75) is 38.5 Å². The molecule has 0 aliphatic heterocycles. The third-order valence-corrected chi connectivity index (χ3v) is 14.0. The number of aromatic nitrogens is 1. The highest BCUT2D eigenvalue weighted by atomic mass is 15.1. The van der Waals surface area contributed by atoms with Crippen LogP contribution in [0.25, 0.3) is 72.0 Å². The van der Waals surface area contributed by atoms with E-state index >= 15 is 0 Å². The van der Waals surface area contributed by atoms with E-state index < -0.39 is 0 Å². The van der Waals surface area contributed by atoms with Gasteiger partial charge in [0, 0.05) is 44.4 Å². The number of para-hydroxylation sites is 3. The fourth-order valence-corrected chi connectivity index (χ4v) is 10.8. The summed E-state index contributed by atoms with van der Waals surface area (Å²) in [5.41, 5.74) is 22.4. The average molecular weight is 795 g/mol. The smallest absolute Gasteiger partial charge is 0.0542 e. The lowest BCUT2D eigenvalue weighted by Gasteiger charge is -2.27. The SMILES string of the molecule is CC1(C)c2ccccc2-c2ccc(-c3cc(-c4ccc5c(c4)C(C)(C)c4ccccc4-5)cc(N(c4ccccc4)c4ccc5c(c4)c4ccccc4n5-c4ccccc4)c3)cc21. The van der Waals surface area contributed by atoms with Gasteiger partial charge in [-0.1, -0.05) is 155 Å². The zero-order valence-electron chi connectivity index (χ0n) is 35.5. The standard InChI is InChI=1S/C60H46N2/c1-59(2)53-24-14-11-21-47(53)49-30-27-39(36-55(49)59)41-33-42(40-28-31-50-48-22-12-15-25-54(48)60(3,4)56(50)37-40)35-46(34-41)61(43-17-7-5-8-18-43)45-29-32-58-52(38-45)51-23-13-16-26-57(51)62(58)44-19-9-6-10-20-44/h5-38H,1-4H3. The number of rotatable bonds is 6. The molecule has 1 aromatic heterocycles. The summed E-state index contributed by atoms with van der Waals surface area (Å²) in [6.45, 7) is 9.48. The molecule has 0 saturated heterocycles. The van der Waals surface area contributed by atoms with E-state index in [2.05, 4.69) is 243 Å².